The highest BCUT2D eigenvalue weighted by Gasteiger charge is 2.37. The van der Waals surface area contributed by atoms with Crippen molar-refractivity contribution in [1.29, 1.82) is 5.26 Å². The predicted molar refractivity (Wildman–Crippen MR) is 91.2 cm³/mol. The summed E-state index contributed by atoms with van der Waals surface area (Å²) in [7, 11) is 1.48. The molecule has 1 saturated heterocycles. The smallest absolute Gasteiger partial charge is 0.242 e. The molecule has 1 unspecified atom stereocenters. The molecule has 2 heterocycles. The van der Waals surface area contributed by atoms with Gasteiger partial charge in [-0.2, -0.15) is 5.26 Å². The van der Waals surface area contributed by atoms with Crippen LogP contribution in [0.15, 0.2) is 41.4 Å². The molecule has 1 aliphatic rings. The van der Waals surface area contributed by atoms with Gasteiger partial charge in [0, 0.05) is 19.0 Å². The van der Waals surface area contributed by atoms with Gasteiger partial charge in [-0.25, -0.2) is 4.98 Å². The van der Waals surface area contributed by atoms with Gasteiger partial charge in [0.1, 0.15) is 11.1 Å². The molecule has 0 saturated carbocycles. The average Bonchev–Trinajstić information content (AvgIpc) is 2.83. The van der Waals surface area contributed by atoms with Gasteiger partial charge in [0.15, 0.2) is 0 Å². The maximum absolute atomic E-state index is 12.1. The number of imide groups is 1. The maximum atomic E-state index is 12.1. The lowest BCUT2D eigenvalue weighted by molar-refractivity contribution is -0.136. The lowest BCUT2D eigenvalue weighted by Crippen LogP contribution is -2.26. The van der Waals surface area contributed by atoms with Crippen molar-refractivity contribution in [2.45, 2.75) is 23.6 Å². The van der Waals surface area contributed by atoms with E-state index >= 15 is 0 Å². The number of amides is 2. The molecule has 0 bridgehead atoms. The van der Waals surface area contributed by atoms with Crippen molar-refractivity contribution >= 4 is 23.6 Å². The number of hydrogen-bond donors (Lipinski definition) is 0. The van der Waals surface area contributed by atoms with Crippen molar-refractivity contribution < 1.29 is 9.59 Å². The van der Waals surface area contributed by atoms with E-state index in [1.54, 1.807) is 6.07 Å². The number of aryl methyl sites for hydroxylation is 1. The highest BCUT2D eigenvalue weighted by molar-refractivity contribution is 8.00. The Bertz CT molecular complexity index is 859. The van der Waals surface area contributed by atoms with Crippen LogP contribution in [-0.2, 0) is 9.59 Å². The molecule has 24 heavy (non-hydrogen) atoms. The standard InChI is InChI=1S/C18H15N3O2S/c1-11-8-13(10-19)17(20-16(11)12-6-4-3-5-7-12)24-14-9-15(22)21(2)18(14)23/h3-8,14H,9H2,1-2H3. The Morgan fingerprint density at radius 2 is 2.00 bits per heavy atom. The molecule has 0 N–H and O–H groups in total. The molecule has 6 heteroatoms. The van der Waals surface area contributed by atoms with Gasteiger partial charge in [-0.05, 0) is 18.6 Å². The number of aromatic nitrogens is 1. The zero-order valence-electron chi connectivity index (χ0n) is 13.3. The fourth-order valence-electron chi connectivity index (χ4n) is 2.60. The van der Waals surface area contributed by atoms with Crippen LogP contribution in [0.25, 0.3) is 11.3 Å². The Morgan fingerprint density at radius 1 is 1.29 bits per heavy atom. The van der Waals surface area contributed by atoms with Crippen LogP contribution in [0.5, 0.6) is 0 Å². The number of nitrogens with zero attached hydrogens (tertiary/aromatic N) is 3. The number of benzene rings is 1. The molecule has 0 aliphatic carbocycles. The zero-order chi connectivity index (χ0) is 17.3. The van der Waals surface area contributed by atoms with Crippen LogP contribution >= 0.6 is 11.8 Å². The summed E-state index contributed by atoms with van der Waals surface area (Å²) < 4.78 is 0. The van der Waals surface area contributed by atoms with E-state index in [-0.39, 0.29) is 18.2 Å². The zero-order valence-corrected chi connectivity index (χ0v) is 14.1. The first-order valence-electron chi connectivity index (χ1n) is 7.45. The molecular formula is C18H15N3O2S. The van der Waals surface area contributed by atoms with Gasteiger partial charge < -0.3 is 0 Å². The number of pyridine rings is 1. The topological polar surface area (TPSA) is 74.1 Å². The lowest BCUT2D eigenvalue weighted by atomic mass is 10.1. The number of likely N-dealkylation sites (tertiary alicyclic amines) is 1. The molecule has 2 amide bonds. The molecule has 120 valence electrons. The number of nitriles is 1. The van der Waals surface area contributed by atoms with E-state index in [1.807, 2.05) is 37.3 Å². The van der Waals surface area contributed by atoms with Crippen molar-refractivity contribution in [1.82, 2.24) is 9.88 Å². The second-order valence-electron chi connectivity index (χ2n) is 5.59. The molecule has 1 atom stereocenters. The quantitative estimate of drug-likeness (QED) is 0.805. The number of hydrogen-bond acceptors (Lipinski definition) is 5. The number of carbonyl (C=O) groups excluding carboxylic acids is 2. The highest BCUT2D eigenvalue weighted by atomic mass is 32.2. The first-order valence-corrected chi connectivity index (χ1v) is 8.33. The van der Waals surface area contributed by atoms with Gasteiger partial charge in [-0.15, -0.1) is 0 Å². The number of carbonyl (C=O) groups is 2. The summed E-state index contributed by atoms with van der Waals surface area (Å²) in [5.41, 5.74) is 3.05. The van der Waals surface area contributed by atoms with E-state index in [2.05, 4.69) is 11.1 Å². The second kappa shape index (κ2) is 6.46. The van der Waals surface area contributed by atoms with Crippen LogP contribution < -0.4 is 0 Å². The minimum absolute atomic E-state index is 0.140. The summed E-state index contributed by atoms with van der Waals surface area (Å²) in [5.74, 6) is -0.441. The Hall–Kier alpha value is -2.65. The normalized spacial score (nSPS) is 17.2. The van der Waals surface area contributed by atoms with Crippen LogP contribution in [0.1, 0.15) is 17.5 Å². The lowest BCUT2D eigenvalue weighted by Gasteiger charge is -2.12. The van der Waals surface area contributed by atoms with E-state index in [4.69, 9.17) is 0 Å². The molecular weight excluding hydrogens is 322 g/mol. The van der Waals surface area contributed by atoms with Gasteiger partial charge in [0.25, 0.3) is 0 Å². The largest absolute Gasteiger partial charge is 0.285 e. The number of thioether (sulfide) groups is 1. The summed E-state index contributed by atoms with van der Waals surface area (Å²) in [6, 6.07) is 13.6. The minimum atomic E-state index is -0.520. The van der Waals surface area contributed by atoms with Gasteiger partial charge in [0.05, 0.1) is 16.5 Å². The molecule has 1 aromatic carbocycles. The Balaban J connectivity index is 2.00. The molecule has 0 radical (unpaired) electrons. The van der Waals surface area contributed by atoms with Crippen LogP contribution in [-0.4, -0.2) is 34.0 Å². The van der Waals surface area contributed by atoms with Gasteiger partial charge in [-0.3, -0.25) is 14.5 Å². The molecule has 1 aromatic heterocycles. The summed E-state index contributed by atoms with van der Waals surface area (Å²) in [5, 5.41) is 9.35. The first-order chi connectivity index (χ1) is 11.5. The van der Waals surface area contributed by atoms with Crippen molar-refractivity contribution in [2.24, 2.45) is 0 Å². The predicted octanol–water partition coefficient (Wildman–Crippen LogP) is 2.78. The summed E-state index contributed by atoms with van der Waals surface area (Å²) in [6.45, 7) is 1.91. The molecule has 1 fully saturated rings. The van der Waals surface area contributed by atoms with E-state index in [1.165, 1.54) is 18.8 Å². The Labute approximate surface area is 144 Å². The van der Waals surface area contributed by atoms with Crippen LogP contribution in [0.3, 0.4) is 0 Å². The summed E-state index contributed by atoms with van der Waals surface area (Å²) >= 11 is 1.19. The third kappa shape index (κ3) is 2.91. The monoisotopic (exact) mass is 337 g/mol. The third-order valence-corrected chi connectivity index (χ3v) is 5.13. The van der Waals surface area contributed by atoms with Gasteiger partial charge in [-0.1, -0.05) is 42.1 Å². The van der Waals surface area contributed by atoms with Crippen molar-refractivity contribution in [2.75, 3.05) is 7.05 Å². The van der Waals surface area contributed by atoms with E-state index in [0.29, 0.717) is 10.6 Å². The molecule has 3 rings (SSSR count). The van der Waals surface area contributed by atoms with Gasteiger partial charge in [0.2, 0.25) is 11.8 Å². The minimum Gasteiger partial charge on any atom is -0.285 e. The molecule has 1 aliphatic heterocycles. The fraction of sp³-hybridized carbons (Fsp3) is 0.222. The Morgan fingerprint density at radius 3 is 2.58 bits per heavy atom. The maximum Gasteiger partial charge on any atom is 0.242 e. The third-order valence-electron chi connectivity index (χ3n) is 3.94. The van der Waals surface area contributed by atoms with E-state index in [0.717, 1.165) is 21.7 Å². The summed E-state index contributed by atoms with van der Waals surface area (Å²) in [6.07, 6.45) is 0.140. The summed E-state index contributed by atoms with van der Waals surface area (Å²) in [4.78, 5) is 29.6. The van der Waals surface area contributed by atoms with Gasteiger partial charge >= 0.3 is 0 Å². The first kappa shape index (κ1) is 16.2. The van der Waals surface area contributed by atoms with Crippen LogP contribution in [0, 0.1) is 18.3 Å². The van der Waals surface area contributed by atoms with Crippen molar-refractivity contribution in [3.05, 3.63) is 47.5 Å². The van der Waals surface area contributed by atoms with Crippen LogP contribution in [0.4, 0.5) is 0 Å². The molecule has 2 aromatic rings. The van der Waals surface area contributed by atoms with E-state index < -0.39 is 5.25 Å². The van der Waals surface area contributed by atoms with Crippen LogP contribution in [0.2, 0.25) is 0 Å². The second-order valence-corrected chi connectivity index (χ2v) is 6.78. The average molecular weight is 337 g/mol. The van der Waals surface area contributed by atoms with E-state index in [9.17, 15) is 14.9 Å². The molecule has 5 nitrogen and oxygen atoms in total. The van der Waals surface area contributed by atoms with Crippen molar-refractivity contribution in [3.8, 4) is 17.3 Å². The fourth-order valence-corrected chi connectivity index (χ4v) is 3.73. The Kier molecular flexibility index (Phi) is 4.36. The highest BCUT2D eigenvalue weighted by Crippen LogP contribution is 2.34. The molecule has 0 spiro atoms. The van der Waals surface area contributed by atoms with Crippen molar-refractivity contribution in [3.63, 3.8) is 0 Å². The number of rotatable bonds is 3. The SMILES string of the molecule is Cc1cc(C#N)c(SC2CC(=O)N(C)C2=O)nc1-c1ccccc1.